The second-order valence-electron chi connectivity index (χ2n) is 4.96. The maximum Gasteiger partial charge on any atom is 0.244 e. The highest BCUT2D eigenvalue weighted by atomic mass is 35.5. The summed E-state index contributed by atoms with van der Waals surface area (Å²) in [6, 6.07) is 11.4. The molecule has 2 nitrogen and oxygen atoms in total. The summed E-state index contributed by atoms with van der Waals surface area (Å²) in [5.74, 6) is 1.06. The van der Waals surface area contributed by atoms with E-state index in [-0.39, 0.29) is 11.7 Å². The van der Waals surface area contributed by atoms with Crippen LogP contribution in [0.4, 0.5) is 4.39 Å². The Morgan fingerprint density at radius 2 is 1.92 bits per heavy atom. The van der Waals surface area contributed by atoms with Crippen LogP contribution in [0.3, 0.4) is 0 Å². The predicted octanol–water partition coefficient (Wildman–Crippen LogP) is 5.20. The molecule has 0 atom stereocenters. The van der Waals surface area contributed by atoms with Crippen LogP contribution >= 0.6 is 35.0 Å². The fourth-order valence-corrected chi connectivity index (χ4v) is 3.29. The van der Waals surface area contributed by atoms with E-state index in [1.165, 1.54) is 18.2 Å². The molecule has 2 rings (SSSR count). The molecule has 0 bridgehead atoms. The van der Waals surface area contributed by atoms with Crippen LogP contribution < -0.4 is 5.32 Å². The van der Waals surface area contributed by atoms with E-state index in [9.17, 15) is 9.18 Å². The molecule has 24 heavy (non-hydrogen) atoms. The Labute approximate surface area is 155 Å². The van der Waals surface area contributed by atoms with Gasteiger partial charge in [-0.25, -0.2) is 4.39 Å². The number of halogens is 3. The lowest BCUT2D eigenvalue weighted by Gasteiger charge is -2.05. The van der Waals surface area contributed by atoms with Gasteiger partial charge in [0.05, 0.1) is 0 Å². The van der Waals surface area contributed by atoms with Crippen molar-refractivity contribution in [1.82, 2.24) is 5.32 Å². The number of carbonyl (C=O) groups is 1. The molecule has 0 spiro atoms. The first-order chi connectivity index (χ1) is 11.5. The summed E-state index contributed by atoms with van der Waals surface area (Å²) in [6.45, 7) is 0.558. The van der Waals surface area contributed by atoms with Crippen LogP contribution in [0.1, 0.15) is 11.1 Å². The summed E-state index contributed by atoms with van der Waals surface area (Å²) in [6.07, 6.45) is 3.09. The lowest BCUT2D eigenvalue weighted by atomic mass is 10.2. The maximum atomic E-state index is 12.8. The van der Waals surface area contributed by atoms with E-state index in [0.717, 1.165) is 22.6 Å². The van der Waals surface area contributed by atoms with E-state index in [4.69, 9.17) is 23.2 Å². The molecule has 1 amide bonds. The van der Waals surface area contributed by atoms with Gasteiger partial charge < -0.3 is 5.32 Å². The smallest absolute Gasteiger partial charge is 0.244 e. The van der Waals surface area contributed by atoms with Crippen molar-refractivity contribution in [3.63, 3.8) is 0 Å². The highest BCUT2D eigenvalue weighted by Gasteiger charge is 2.02. The SMILES string of the molecule is O=C(/C=C/c1ccc(F)cc1)NCCSCc1ccc(Cl)cc1Cl. The van der Waals surface area contributed by atoms with Crippen molar-refractivity contribution in [2.45, 2.75) is 5.75 Å². The van der Waals surface area contributed by atoms with E-state index in [1.807, 2.05) is 12.1 Å². The van der Waals surface area contributed by atoms with Gasteiger partial charge in [-0.3, -0.25) is 4.79 Å². The number of carbonyl (C=O) groups excluding carboxylic acids is 1. The minimum absolute atomic E-state index is 0.176. The van der Waals surface area contributed by atoms with Gasteiger partial charge in [0.1, 0.15) is 5.82 Å². The minimum atomic E-state index is -0.297. The number of benzene rings is 2. The summed E-state index contributed by atoms with van der Waals surface area (Å²) in [7, 11) is 0. The fraction of sp³-hybridized carbons (Fsp3) is 0.167. The monoisotopic (exact) mass is 383 g/mol. The van der Waals surface area contributed by atoms with E-state index in [0.29, 0.717) is 16.6 Å². The third kappa shape index (κ3) is 6.56. The Bertz CT molecular complexity index is 719. The van der Waals surface area contributed by atoms with Gasteiger partial charge >= 0.3 is 0 Å². The summed E-state index contributed by atoms with van der Waals surface area (Å²) >= 11 is 13.6. The average Bonchev–Trinajstić information content (AvgIpc) is 2.56. The zero-order valence-corrected chi connectivity index (χ0v) is 15.1. The van der Waals surface area contributed by atoms with E-state index < -0.39 is 0 Å². The van der Waals surface area contributed by atoms with Gasteiger partial charge in [0.2, 0.25) is 5.91 Å². The molecule has 126 valence electrons. The van der Waals surface area contributed by atoms with Crippen molar-refractivity contribution >= 4 is 46.9 Å². The maximum absolute atomic E-state index is 12.8. The zero-order chi connectivity index (χ0) is 17.4. The number of hydrogen-bond acceptors (Lipinski definition) is 2. The molecular weight excluding hydrogens is 368 g/mol. The van der Waals surface area contributed by atoms with Gasteiger partial charge in [-0.2, -0.15) is 11.8 Å². The van der Waals surface area contributed by atoms with Crippen molar-refractivity contribution in [1.29, 1.82) is 0 Å². The Balaban J connectivity index is 1.66. The van der Waals surface area contributed by atoms with Gasteiger partial charge in [-0.05, 0) is 41.5 Å². The third-order valence-electron chi connectivity index (χ3n) is 3.12. The van der Waals surface area contributed by atoms with Crippen molar-refractivity contribution in [3.8, 4) is 0 Å². The second kappa shape index (κ2) is 9.72. The molecule has 0 saturated heterocycles. The van der Waals surface area contributed by atoms with Crippen molar-refractivity contribution in [3.05, 3.63) is 75.5 Å². The molecule has 0 aromatic heterocycles. The molecule has 0 aliphatic carbocycles. The molecule has 0 unspecified atom stereocenters. The van der Waals surface area contributed by atoms with Crippen LogP contribution in [-0.2, 0) is 10.5 Å². The normalized spacial score (nSPS) is 11.0. The van der Waals surface area contributed by atoms with Gasteiger partial charge in [0.25, 0.3) is 0 Å². The van der Waals surface area contributed by atoms with Crippen molar-refractivity contribution < 1.29 is 9.18 Å². The number of hydrogen-bond donors (Lipinski definition) is 1. The van der Waals surface area contributed by atoms with Crippen LogP contribution in [0.25, 0.3) is 6.08 Å². The van der Waals surface area contributed by atoms with Crippen LogP contribution in [0.5, 0.6) is 0 Å². The first kappa shape index (κ1) is 18.8. The Morgan fingerprint density at radius 1 is 1.17 bits per heavy atom. The summed E-state index contributed by atoms with van der Waals surface area (Å²) in [5.41, 5.74) is 1.80. The molecule has 2 aromatic rings. The Hall–Kier alpha value is -1.49. The number of rotatable bonds is 7. The van der Waals surface area contributed by atoms with E-state index in [1.54, 1.807) is 36.0 Å². The van der Waals surface area contributed by atoms with Gasteiger partial charge in [-0.1, -0.05) is 41.4 Å². The molecule has 0 aliphatic rings. The topological polar surface area (TPSA) is 29.1 Å². The van der Waals surface area contributed by atoms with Crippen LogP contribution in [-0.4, -0.2) is 18.2 Å². The second-order valence-corrected chi connectivity index (χ2v) is 6.91. The molecule has 1 N–H and O–H groups in total. The van der Waals surface area contributed by atoms with E-state index in [2.05, 4.69) is 5.32 Å². The molecule has 0 heterocycles. The fourth-order valence-electron chi connectivity index (χ4n) is 1.87. The zero-order valence-electron chi connectivity index (χ0n) is 12.8. The molecule has 0 fully saturated rings. The van der Waals surface area contributed by atoms with Crippen LogP contribution in [0, 0.1) is 5.82 Å². The highest BCUT2D eigenvalue weighted by molar-refractivity contribution is 7.98. The summed E-state index contributed by atoms with van der Waals surface area (Å²) < 4.78 is 12.8. The van der Waals surface area contributed by atoms with Crippen molar-refractivity contribution in [2.75, 3.05) is 12.3 Å². The quantitative estimate of drug-likeness (QED) is 0.526. The standard InChI is InChI=1S/C18H16Cl2FNOS/c19-15-5-4-14(17(20)11-15)12-24-10-9-22-18(23)8-3-13-1-6-16(21)7-2-13/h1-8,11H,9-10,12H2,(H,22,23)/b8-3+. The third-order valence-corrected chi connectivity index (χ3v) is 4.71. The van der Waals surface area contributed by atoms with E-state index >= 15 is 0 Å². The molecular formula is C18H16Cl2FNOS. The van der Waals surface area contributed by atoms with Crippen molar-refractivity contribution in [2.24, 2.45) is 0 Å². The van der Waals surface area contributed by atoms with Crippen LogP contribution in [0.2, 0.25) is 10.0 Å². The van der Waals surface area contributed by atoms with Gasteiger partial charge in [-0.15, -0.1) is 0 Å². The first-order valence-corrected chi connectivity index (χ1v) is 9.19. The molecule has 0 aliphatic heterocycles. The number of nitrogens with one attached hydrogen (secondary N) is 1. The largest absolute Gasteiger partial charge is 0.352 e. The number of thioether (sulfide) groups is 1. The molecule has 0 saturated carbocycles. The average molecular weight is 384 g/mol. The summed E-state index contributed by atoms with van der Waals surface area (Å²) in [5, 5.41) is 4.07. The molecule has 2 aromatic carbocycles. The highest BCUT2D eigenvalue weighted by Crippen LogP contribution is 2.24. The lowest BCUT2D eigenvalue weighted by Crippen LogP contribution is -2.23. The van der Waals surface area contributed by atoms with Gasteiger partial charge in [0.15, 0.2) is 0 Å². The Morgan fingerprint density at radius 3 is 2.62 bits per heavy atom. The first-order valence-electron chi connectivity index (χ1n) is 7.28. The number of amides is 1. The summed E-state index contributed by atoms with van der Waals surface area (Å²) in [4.78, 5) is 11.7. The molecule has 6 heteroatoms. The minimum Gasteiger partial charge on any atom is -0.352 e. The predicted molar refractivity (Wildman–Crippen MR) is 101 cm³/mol. The van der Waals surface area contributed by atoms with Gasteiger partial charge in [0, 0.05) is 34.2 Å². The Kier molecular flexibility index (Phi) is 7.63. The lowest BCUT2D eigenvalue weighted by molar-refractivity contribution is -0.116. The van der Waals surface area contributed by atoms with Crippen LogP contribution in [0.15, 0.2) is 48.5 Å². The molecule has 0 radical (unpaired) electrons.